The van der Waals surface area contributed by atoms with Gasteiger partial charge >= 0.3 is 11.9 Å². The van der Waals surface area contributed by atoms with Crippen molar-refractivity contribution in [3.05, 3.63) is 34.9 Å². The molecule has 110 valence electrons. The summed E-state index contributed by atoms with van der Waals surface area (Å²) >= 11 is 0. The Morgan fingerprint density at radius 2 is 1.80 bits per heavy atom. The SMILES string of the molecule is CCOC(=O)c1cccc(CC)c1C(=O)OCC(C)C. The molecule has 0 unspecified atom stereocenters. The smallest absolute Gasteiger partial charge is 0.339 e. The normalized spacial score (nSPS) is 10.4. The molecule has 20 heavy (non-hydrogen) atoms. The molecule has 4 nitrogen and oxygen atoms in total. The van der Waals surface area contributed by atoms with E-state index in [1.807, 2.05) is 26.8 Å². The van der Waals surface area contributed by atoms with E-state index in [0.29, 0.717) is 18.6 Å². The van der Waals surface area contributed by atoms with E-state index in [4.69, 9.17) is 9.47 Å². The van der Waals surface area contributed by atoms with Gasteiger partial charge < -0.3 is 9.47 Å². The van der Waals surface area contributed by atoms with E-state index in [1.54, 1.807) is 19.1 Å². The van der Waals surface area contributed by atoms with Crippen molar-refractivity contribution in [2.45, 2.75) is 34.1 Å². The molecule has 0 aromatic heterocycles. The maximum Gasteiger partial charge on any atom is 0.339 e. The lowest BCUT2D eigenvalue weighted by atomic mass is 9.99. The minimum absolute atomic E-state index is 0.249. The monoisotopic (exact) mass is 278 g/mol. The van der Waals surface area contributed by atoms with Gasteiger partial charge in [-0.1, -0.05) is 32.9 Å². The summed E-state index contributed by atoms with van der Waals surface area (Å²) in [4.78, 5) is 24.2. The summed E-state index contributed by atoms with van der Waals surface area (Å²) in [6.45, 7) is 8.20. The van der Waals surface area contributed by atoms with Crippen LogP contribution in [-0.4, -0.2) is 25.2 Å². The van der Waals surface area contributed by atoms with E-state index in [1.165, 1.54) is 0 Å². The molecule has 1 aromatic carbocycles. The average molecular weight is 278 g/mol. The lowest BCUT2D eigenvalue weighted by molar-refractivity contribution is 0.0433. The number of carbonyl (C=O) groups is 2. The molecule has 0 N–H and O–H groups in total. The van der Waals surface area contributed by atoms with Crippen LogP contribution in [0.4, 0.5) is 0 Å². The molecule has 0 heterocycles. The quantitative estimate of drug-likeness (QED) is 0.750. The molecule has 0 saturated carbocycles. The van der Waals surface area contributed by atoms with Crippen molar-refractivity contribution >= 4 is 11.9 Å². The maximum atomic E-state index is 12.2. The van der Waals surface area contributed by atoms with Gasteiger partial charge in [-0.3, -0.25) is 0 Å². The standard InChI is InChI=1S/C16H22O4/c1-5-12-8-7-9-13(15(17)19-6-2)14(12)16(18)20-10-11(3)4/h7-9,11H,5-6,10H2,1-4H3. The van der Waals surface area contributed by atoms with Crippen LogP contribution in [0.3, 0.4) is 0 Å². The Balaban J connectivity index is 3.12. The number of aryl methyl sites for hydroxylation is 1. The first-order chi connectivity index (χ1) is 9.51. The molecular weight excluding hydrogens is 256 g/mol. The lowest BCUT2D eigenvalue weighted by Gasteiger charge is -2.13. The summed E-state index contributed by atoms with van der Waals surface area (Å²) in [6, 6.07) is 5.18. The van der Waals surface area contributed by atoms with Crippen LogP contribution in [0.1, 0.15) is 54.0 Å². The van der Waals surface area contributed by atoms with Crippen LogP contribution in [0.2, 0.25) is 0 Å². The van der Waals surface area contributed by atoms with Crippen LogP contribution < -0.4 is 0 Å². The van der Waals surface area contributed by atoms with Crippen LogP contribution in [0.25, 0.3) is 0 Å². The second-order valence-corrected chi connectivity index (χ2v) is 4.91. The minimum atomic E-state index is -0.487. The largest absolute Gasteiger partial charge is 0.462 e. The third kappa shape index (κ3) is 4.08. The Labute approximate surface area is 120 Å². The summed E-state index contributed by atoms with van der Waals surface area (Å²) in [5, 5.41) is 0. The van der Waals surface area contributed by atoms with E-state index in [0.717, 1.165) is 5.56 Å². The van der Waals surface area contributed by atoms with Gasteiger partial charge in [0.05, 0.1) is 24.3 Å². The van der Waals surface area contributed by atoms with Gasteiger partial charge in [0, 0.05) is 0 Å². The van der Waals surface area contributed by atoms with E-state index in [9.17, 15) is 9.59 Å². The van der Waals surface area contributed by atoms with Crippen LogP contribution >= 0.6 is 0 Å². The van der Waals surface area contributed by atoms with E-state index >= 15 is 0 Å². The van der Waals surface area contributed by atoms with Crippen molar-refractivity contribution in [3.63, 3.8) is 0 Å². The Morgan fingerprint density at radius 1 is 1.10 bits per heavy atom. The molecular formula is C16H22O4. The fourth-order valence-electron chi connectivity index (χ4n) is 1.83. The molecule has 0 fully saturated rings. The van der Waals surface area contributed by atoms with Gasteiger partial charge in [0.1, 0.15) is 0 Å². The summed E-state index contributed by atoms with van der Waals surface area (Å²) in [6.07, 6.45) is 0.652. The molecule has 0 radical (unpaired) electrons. The molecule has 0 atom stereocenters. The molecule has 0 aliphatic heterocycles. The van der Waals surface area contributed by atoms with Crippen molar-refractivity contribution in [3.8, 4) is 0 Å². The second-order valence-electron chi connectivity index (χ2n) is 4.91. The molecule has 0 aliphatic carbocycles. The van der Waals surface area contributed by atoms with Crippen molar-refractivity contribution in [1.29, 1.82) is 0 Å². The third-order valence-corrected chi connectivity index (χ3v) is 2.78. The van der Waals surface area contributed by atoms with Crippen molar-refractivity contribution in [2.24, 2.45) is 5.92 Å². The van der Waals surface area contributed by atoms with Crippen molar-refractivity contribution in [2.75, 3.05) is 13.2 Å². The predicted octanol–water partition coefficient (Wildman–Crippen LogP) is 3.24. The Bertz CT molecular complexity index is 477. The minimum Gasteiger partial charge on any atom is -0.462 e. The molecule has 0 bridgehead atoms. The number of hydrogen-bond acceptors (Lipinski definition) is 4. The Morgan fingerprint density at radius 3 is 2.35 bits per heavy atom. The number of hydrogen-bond donors (Lipinski definition) is 0. The molecule has 4 heteroatoms. The zero-order valence-electron chi connectivity index (χ0n) is 12.6. The summed E-state index contributed by atoms with van der Waals surface area (Å²) in [5.74, 6) is -0.697. The van der Waals surface area contributed by atoms with E-state index < -0.39 is 11.9 Å². The van der Waals surface area contributed by atoms with Gasteiger partial charge in [-0.25, -0.2) is 9.59 Å². The highest BCUT2D eigenvalue weighted by Gasteiger charge is 2.22. The zero-order valence-corrected chi connectivity index (χ0v) is 12.6. The number of benzene rings is 1. The van der Waals surface area contributed by atoms with E-state index in [2.05, 4.69) is 0 Å². The first-order valence-corrected chi connectivity index (χ1v) is 6.97. The average Bonchev–Trinajstić information content (AvgIpc) is 2.44. The van der Waals surface area contributed by atoms with Crippen LogP contribution in [-0.2, 0) is 15.9 Å². The van der Waals surface area contributed by atoms with Gasteiger partial charge in [0.2, 0.25) is 0 Å². The van der Waals surface area contributed by atoms with Gasteiger partial charge in [-0.05, 0) is 30.9 Å². The first kappa shape index (κ1) is 16.2. The van der Waals surface area contributed by atoms with Crippen LogP contribution in [0, 0.1) is 5.92 Å². The van der Waals surface area contributed by atoms with Crippen molar-refractivity contribution in [1.82, 2.24) is 0 Å². The molecule has 0 spiro atoms. The van der Waals surface area contributed by atoms with Crippen molar-refractivity contribution < 1.29 is 19.1 Å². The van der Waals surface area contributed by atoms with Crippen LogP contribution in [0.5, 0.6) is 0 Å². The van der Waals surface area contributed by atoms with Gasteiger partial charge in [0.15, 0.2) is 0 Å². The van der Waals surface area contributed by atoms with Gasteiger partial charge in [-0.2, -0.15) is 0 Å². The van der Waals surface area contributed by atoms with Crippen LogP contribution in [0.15, 0.2) is 18.2 Å². The maximum absolute atomic E-state index is 12.2. The molecule has 0 saturated heterocycles. The Hall–Kier alpha value is -1.84. The fourth-order valence-corrected chi connectivity index (χ4v) is 1.83. The van der Waals surface area contributed by atoms with E-state index in [-0.39, 0.29) is 18.1 Å². The first-order valence-electron chi connectivity index (χ1n) is 6.97. The molecule has 1 rings (SSSR count). The molecule has 0 aliphatic rings. The predicted molar refractivity (Wildman–Crippen MR) is 76.9 cm³/mol. The number of ether oxygens (including phenoxy) is 2. The van der Waals surface area contributed by atoms with Gasteiger partial charge in [0.25, 0.3) is 0 Å². The lowest BCUT2D eigenvalue weighted by Crippen LogP contribution is -2.18. The summed E-state index contributed by atoms with van der Waals surface area (Å²) in [5.41, 5.74) is 1.40. The van der Waals surface area contributed by atoms with Gasteiger partial charge in [-0.15, -0.1) is 0 Å². The fraction of sp³-hybridized carbons (Fsp3) is 0.500. The number of esters is 2. The molecule has 0 amide bonds. The molecule has 1 aromatic rings. The number of carbonyl (C=O) groups excluding carboxylic acids is 2. The summed E-state index contributed by atoms with van der Waals surface area (Å²) in [7, 11) is 0. The summed E-state index contributed by atoms with van der Waals surface area (Å²) < 4.78 is 10.3. The Kier molecular flexibility index (Phi) is 6.22. The zero-order chi connectivity index (χ0) is 15.1. The number of rotatable bonds is 6. The highest BCUT2D eigenvalue weighted by atomic mass is 16.5. The topological polar surface area (TPSA) is 52.6 Å². The highest BCUT2D eigenvalue weighted by Crippen LogP contribution is 2.18. The highest BCUT2D eigenvalue weighted by molar-refractivity contribution is 6.04. The third-order valence-electron chi connectivity index (χ3n) is 2.78. The second kappa shape index (κ2) is 7.68.